The number of amides is 1. The molecule has 0 atom stereocenters. The van der Waals surface area contributed by atoms with Crippen molar-refractivity contribution in [2.24, 2.45) is 0 Å². The third-order valence-electron chi connectivity index (χ3n) is 4.31. The second-order valence-electron chi connectivity index (χ2n) is 6.50. The molecule has 0 saturated heterocycles. The number of nitrogens with zero attached hydrogens (tertiary/aromatic N) is 1. The number of carbonyl (C=O) groups is 1. The zero-order chi connectivity index (χ0) is 21.3. The standard InChI is InChI=1S/C21H18N2O5S2/c1-3-27-14-8-9-17-13(10-14)11-18(28-17)16-12-29-21(22-16)23-20(24)15-6-4-5-7-19(15)30(2,25)26/h4-12H,3H2,1-2H3,(H,22,23,24). The number of ether oxygens (including phenoxy) is 1. The fourth-order valence-electron chi connectivity index (χ4n) is 2.99. The minimum absolute atomic E-state index is 0.0262. The van der Waals surface area contributed by atoms with Crippen LogP contribution in [0.3, 0.4) is 0 Å². The summed E-state index contributed by atoms with van der Waals surface area (Å²) in [4.78, 5) is 17.0. The van der Waals surface area contributed by atoms with Crippen LogP contribution in [0.1, 0.15) is 17.3 Å². The van der Waals surface area contributed by atoms with Crippen molar-refractivity contribution in [3.8, 4) is 17.2 Å². The van der Waals surface area contributed by atoms with Gasteiger partial charge in [0, 0.05) is 17.0 Å². The molecule has 2 aromatic carbocycles. The second-order valence-corrected chi connectivity index (χ2v) is 9.35. The van der Waals surface area contributed by atoms with E-state index in [0.717, 1.165) is 17.4 Å². The van der Waals surface area contributed by atoms with Gasteiger partial charge in [-0.2, -0.15) is 0 Å². The van der Waals surface area contributed by atoms with Gasteiger partial charge in [-0.15, -0.1) is 11.3 Å². The van der Waals surface area contributed by atoms with Crippen LogP contribution < -0.4 is 10.1 Å². The van der Waals surface area contributed by atoms with E-state index in [1.54, 1.807) is 17.5 Å². The summed E-state index contributed by atoms with van der Waals surface area (Å²) >= 11 is 1.22. The van der Waals surface area contributed by atoms with Gasteiger partial charge in [0.25, 0.3) is 5.91 Å². The highest BCUT2D eigenvalue weighted by atomic mass is 32.2. The predicted octanol–water partition coefficient (Wildman–Crippen LogP) is 4.61. The molecule has 0 fully saturated rings. The maximum Gasteiger partial charge on any atom is 0.258 e. The molecule has 2 aromatic heterocycles. The van der Waals surface area contributed by atoms with Crippen molar-refractivity contribution in [2.75, 3.05) is 18.2 Å². The highest BCUT2D eigenvalue weighted by molar-refractivity contribution is 7.90. The van der Waals surface area contributed by atoms with Crippen molar-refractivity contribution in [1.82, 2.24) is 4.98 Å². The van der Waals surface area contributed by atoms with E-state index in [2.05, 4.69) is 10.3 Å². The molecular weight excluding hydrogens is 424 g/mol. The molecule has 0 radical (unpaired) electrons. The Bertz CT molecular complexity index is 1340. The average molecular weight is 443 g/mol. The van der Waals surface area contributed by atoms with Crippen LogP contribution in [0.2, 0.25) is 0 Å². The Morgan fingerprint density at radius 2 is 2.00 bits per heavy atom. The van der Waals surface area contributed by atoms with Gasteiger partial charge in [0.1, 0.15) is 17.0 Å². The smallest absolute Gasteiger partial charge is 0.258 e. The van der Waals surface area contributed by atoms with Crippen LogP contribution in [0.4, 0.5) is 5.13 Å². The molecule has 2 heterocycles. The SMILES string of the molecule is CCOc1ccc2oc(-c3csc(NC(=O)c4ccccc4S(C)(=O)=O)n3)cc2c1. The minimum Gasteiger partial charge on any atom is -0.494 e. The number of hydrogen-bond acceptors (Lipinski definition) is 7. The lowest BCUT2D eigenvalue weighted by Gasteiger charge is -2.06. The molecule has 0 spiro atoms. The maximum absolute atomic E-state index is 12.6. The van der Waals surface area contributed by atoms with E-state index in [1.165, 1.54) is 23.5 Å². The van der Waals surface area contributed by atoms with Crippen molar-refractivity contribution in [2.45, 2.75) is 11.8 Å². The Kier molecular flexibility index (Phi) is 5.31. The number of aromatic nitrogens is 1. The van der Waals surface area contributed by atoms with Crippen molar-refractivity contribution in [1.29, 1.82) is 0 Å². The third-order valence-corrected chi connectivity index (χ3v) is 6.22. The molecular formula is C21H18N2O5S2. The lowest BCUT2D eigenvalue weighted by molar-refractivity contribution is 0.102. The van der Waals surface area contributed by atoms with E-state index < -0.39 is 15.7 Å². The molecule has 0 bridgehead atoms. The normalized spacial score (nSPS) is 11.5. The Morgan fingerprint density at radius 3 is 2.77 bits per heavy atom. The number of anilines is 1. The molecule has 7 nitrogen and oxygen atoms in total. The number of hydrogen-bond donors (Lipinski definition) is 1. The number of furan rings is 1. The van der Waals surface area contributed by atoms with Gasteiger partial charge < -0.3 is 9.15 Å². The van der Waals surface area contributed by atoms with Gasteiger partial charge in [-0.25, -0.2) is 13.4 Å². The molecule has 9 heteroatoms. The molecule has 4 aromatic rings. The molecule has 0 aliphatic heterocycles. The fraction of sp³-hybridized carbons (Fsp3) is 0.143. The fourth-order valence-corrected chi connectivity index (χ4v) is 4.57. The first-order valence-electron chi connectivity index (χ1n) is 9.08. The summed E-state index contributed by atoms with van der Waals surface area (Å²) in [7, 11) is -3.53. The van der Waals surface area contributed by atoms with Crippen LogP contribution in [0.25, 0.3) is 22.4 Å². The van der Waals surface area contributed by atoms with Crippen LogP contribution in [0.15, 0.2) is 63.2 Å². The van der Waals surface area contributed by atoms with E-state index in [-0.39, 0.29) is 10.5 Å². The summed E-state index contributed by atoms with van der Waals surface area (Å²) in [6.45, 7) is 2.50. The molecule has 30 heavy (non-hydrogen) atoms. The van der Waals surface area contributed by atoms with Gasteiger partial charge in [0.2, 0.25) is 0 Å². The van der Waals surface area contributed by atoms with Gasteiger partial charge >= 0.3 is 0 Å². The van der Waals surface area contributed by atoms with Crippen molar-refractivity contribution in [3.63, 3.8) is 0 Å². The van der Waals surface area contributed by atoms with Crippen molar-refractivity contribution in [3.05, 3.63) is 59.5 Å². The van der Waals surface area contributed by atoms with Crippen LogP contribution in [-0.4, -0.2) is 32.2 Å². The first kappa shape index (κ1) is 20.1. The monoisotopic (exact) mass is 442 g/mol. The summed E-state index contributed by atoms with van der Waals surface area (Å²) in [5, 5.41) is 5.65. The second kappa shape index (κ2) is 7.92. The maximum atomic E-state index is 12.6. The summed E-state index contributed by atoms with van der Waals surface area (Å²) in [6.07, 6.45) is 1.07. The lowest BCUT2D eigenvalue weighted by atomic mass is 10.2. The summed E-state index contributed by atoms with van der Waals surface area (Å²) < 4.78 is 35.2. The first-order chi connectivity index (χ1) is 14.3. The zero-order valence-corrected chi connectivity index (χ0v) is 17.8. The molecule has 0 aliphatic carbocycles. The summed E-state index contributed by atoms with van der Waals surface area (Å²) in [6, 6.07) is 13.5. The van der Waals surface area contributed by atoms with E-state index in [0.29, 0.717) is 28.8 Å². The number of carbonyl (C=O) groups excluding carboxylic acids is 1. The molecule has 0 aliphatic rings. The Balaban J connectivity index is 1.58. The number of nitrogens with one attached hydrogen (secondary N) is 1. The topological polar surface area (TPSA) is 98.5 Å². The van der Waals surface area contributed by atoms with Gasteiger partial charge in [0.15, 0.2) is 20.7 Å². The number of benzene rings is 2. The van der Waals surface area contributed by atoms with Crippen LogP contribution in [0, 0.1) is 0 Å². The number of fused-ring (bicyclic) bond motifs is 1. The first-order valence-corrected chi connectivity index (χ1v) is 11.8. The highest BCUT2D eigenvalue weighted by Crippen LogP contribution is 2.32. The van der Waals surface area contributed by atoms with Gasteiger partial charge in [-0.1, -0.05) is 12.1 Å². The Labute approximate surface area is 177 Å². The van der Waals surface area contributed by atoms with Crippen LogP contribution >= 0.6 is 11.3 Å². The molecule has 154 valence electrons. The van der Waals surface area contributed by atoms with Gasteiger partial charge in [0.05, 0.1) is 17.1 Å². The lowest BCUT2D eigenvalue weighted by Crippen LogP contribution is -2.15. The average Bonchev–Trinajstić information content (AvgIpc) is 3.34. The Morgan fingerprint density at radius 1 is 1.20 bits per heavy atom. The molecule has 1 amide bonds. The zero-order valence-electron chi connectivity index (χ0n) is 16.2. The molecule has 0 unspecified atom stereocenters. The van der Waals surface area contributed by atoms with Gasteiger partial charge in [-0.05, 0) is 43.3 Å². The minimum atomic E-state index is -3.53. The number of sulfone groups is 1. The predicted molar refractivity (Wildman–Crippen MR) is 116 cm³/mol. The van der Waals surface area contributed by atoms with E-state index in [4.69, 9.17) is 9.15 Å². The van der Waals surface area contributed by atoms with E-state index >= 15 is 0 Å². The van der Waals surface area contributed by atoms with Crippen LogP contribution in [0.5, 0.6) is 5.75 Å². The van der Waals surface area contributed by atoms with Crippen LogP contribution in [-0.2, 0) is 9.84 Å². The Hall–Kier alpha value is -3.17. The van der Waals surface area contributed by atoms with Crippen molar-refractivity contribution >= 4 is 43.2 Å². The largest absolute Gasteiger partial charge is 0.494 e. The third kappa shape index (κ3) is 4.07. The number of thiazole rings is 1. The summed E-state index contributed by atoms with van der Waals surface area (Å²) in [5.74, 6) is 0.781. The molecule has 1 N–H and O–H groups in total. The molecule has 0 saturated carbocycles. The van der Waals surface area contributed by atoms with E-state index in [9.17, 15) is 13.2 Å². The quantitative estimate of drug-likeness (QED) is 0.468. The summed E-state index contributed by atoms with van der Waals surface area (Å²) in [5.41, 5.74) is 1.35. The van der Waals surface area contributed by atoms with E-state index in [1.807, 2.05) is 31.2 Å². The van der Waals surface area contributed by atoms with Crippen molar-refractivity contribution < 1.29 is 22.4 Å². The van der Waals surface area contributed by atoms with Gasteiger partial charge in [-0.3, -0.25) is 10.1 Å². The number of rotatable bonds is 6. The highest BCUT2D eigenvalue weighted by Gasteiger charge is 2.19. The molecule has 4 rings (SSSR count).